The quantitative estimate of drug-likeness (QED) is 0.567. The minimum absolute atomic E-state index is 0.0929. The van der Waals surface area contributed by atoms with Crippen LogP contribution in [0.15, 0.2) is 34.9 Å². The Kier molecular flexibility index (Phi) is 3.44. The summed E-state index contributed by atoms with van der Waals surface area (Å²) in [7, 11) is 0. The van der Waals surface area contributed by atoms with E-state index >= 15 is 0 Å². The maximum atomic E-state index is 6.28. The molecule has 2 aromatic heterocycles. The average Bonchev–Trinajstić information content (AvgIpc) is 2.98. The molecule has 0 aliphatic carbocycles. The Morgan fingerprint density at radius 1 is 1.16 bits per heavy atom. The molecule has 1 aromatic carbocycles. The molecule has 3 heteroatoms. The molecular formula is C22H28N2O. The van der Waals surface area contributed by atoms with Gasteiger partial charge < -0.3 is 9.32 Å². The van der Waals surface area contributed by atoms with E-state index in [1.807, 2.05) is 6.07 Å². The van der Waals surface area contributed by atoms with Crippen LogP contribution in [0.4, 0.5) is 5.69 Å². The molecule has 25 heavy (non-hydrogen) atoms. The van der Waals surface area contributed by atoms with Gasteiger partial charge in [-0.3, -0.25) is 0 Å². The van der Waals surface area contributed by atoms with Gasteiger partial charge in [0.1, 0.15) is 0 Å². The number of benzene rings is 1. The predicted octanol–water partition coefficient (Wildman–Crippen LogP) is 6.08. The van der Waals surface area contributed by atoms with E-state index in [1.165, 1.54) is 23.1 Å². The zero-order valence-electron chi connectivity index (χ0n) is 16.2. The van der Waals surface area contributed by atoms with Crippen molar-refractivity contribution < 1.29 is 4.42 Å². The van der Waals surface area contributed by atoms with E-state index in [0.717, 1.165) is 23.1 Å². The summed E-state index contributed by atoms with van der Waals surface area (Å²) in [5.41, 5.74) is 4.60. The maximum absolute atomic E-state index is 6.28. The molecule has 3 nitrogen and oxygen atoms in total. The number of aromatic nitrogens is 1. The van der Waals surface area contributed by atoms with Gasteiger partial charge in [-0.05, 0) is 56.7 Å². The number of furan rings is 1. The van der Waals surface area contributed by atoms with Crippen molar-refractivity contribution in [2.75, 3.05) is 4.90 Å². The summed E-state index contributed by atoms with van der Waals surface area (Å²) in [4.78, 5) is 7.07. The van der Waals surface area contributed by atoms with E-state index in [2.05, 4.69) is 69.6 Å². The van der Waals surface area contributed by atoms with Crippen molar-refractivity contribution >= 4 is 27.8 Å². The van der Waals surface area contributed by atoms with Gasteiger partial charge in [0.15, 0.2) is 5.58 Å². The Labute approximate surface area is 150 Å². The molecule has 0 saturated carbocycles. The lowest BCUT2D eigenvalue weighted by molar-refractivity contribution is 0.311. The molecule has 3 heterocycles. The number of hydrogen-bond acceptors (Lipinski definition) is 3. The fourth-order valence-corrected chi connectivity index (χ4v) is 5.34. The summed E-state index contributed by atoms with van der Waals surface area (Å²) in [6.45, 7) is 14.0. The van der Waals surface area contributed by atoms with Crippen molar-refractivity contribution in [1.29, 1.82) is 0 Å². The first-order chi connectivity index (χ1) is 11.8. The number of anilines is 1. The summed E-state index contributed by atoms with van der Waals surface area (Å²) in [5.74, 6) is 0. The number of pyridine rings is 1. The summed E-state index contributed by atoms with van der Waals surface area (Å²) in [6, 6.07) is 8.98. The minimum atomic E-state index is 0.0929. The predicted molar refractivity (Wildman–Crippen MR) is 105 cm³/mol. The van der Waals surface area contributed by atoms with E-state index in [9.17, 15) is 0 Å². The second-order valence-corrected chi connectivity index (χ2v) is 8.84. The molecule has 0 N–H and O–H groups in total. The van der Waals surface area contributed by atoms with Crippen molar-refractivity contribution in [3.05, 3.63) is 36.0 Å². The van der Waals surface area contributed by atoms with Crippen LogP contribution in [-0.2, 0) is 0 Å². The van der Waals surface area contributed by atoms with Crippen LogP contribution < -0.4 is 4.90 Å². The standard InChI is InChI=1S/C22H28N2O/c1-7-17-21(3,4)13-22(5,6)24(17)18-14(2)10-11-15-16-9-8-12-23-20(16)25-19(15)18/h8-12,17H,7,13H2,1-6H3. The normalized spacial score (nSPS) is 22.2. The second kappa shape index (κ2) is 5.23. The molecule has 1 saturated heterocycles. The van der Waals surface area contributed by atoms with E-state index in [1.54, 1.807) is 6.20 Å². The van der Waals surface area contributed by atoms with Gasteiger partial charge in [-0.15, -0.1) is 0 Å². The van der Waals surface area contributed by atoms with Crippen molar-refractivity contribution in [2.24, 2.45) is 5.41 Å². The van der Waals surface area contributed by atoms with E-state index < -0.39 is 0 Å². The van der Waals surface area contributed by atoms with Crippen molar-refractivity contribution in [1.82, 2.24) is 4.98 Å². The highest BCUT2D eigenvalue weighted by molar-refractivity contribution is 6.08. The zero-order chi connectivity index (χ0) is 18.0. The summed E-state index contributed by atoms with van der Waals surface area (Å²) in [6.07, 6.45) is 4.10. The molecule has 1 aliphatic heterocycles. The number of fused-ring (bicyclic) bond motifs is 3. The molecular weight excluding hydrogens is 308 g/mol. The average molecular weight is 336 g/mol. The monoisotopic (exact) mass is 336 g/mol. The Bertz CT molecular complexity index is 951. The second-order valence-electron chi connectivity index (χ2n) is 8.84. The van der Waals surface area contributed by atoms with Crippen LogP contribution in [0.25, 0.3) is 22.1 Å². The lowest BCUT2D eigenvalue weighted by Crippen LogP contribution is -2.44. The van der Waals surface area contributed by atoms with Crippen LogP contribution in [0, 0.1) is 12.3 Å². The molecule has 0 amide bonds. The highest BCUT2D eigenvalue weighted by atomic mass is 16.3. The molecule has 1 fully saturated rings. The summed E-state index contributed by atoms with van der Waals surface area (Å²) >= 11 is 0. The number of rotatable bonds is 2. The van der Waals surface area contributed by atoms with E-state index in [-0.39, 0.29) is 11.0 Å². The van der Waals surface area contributed by atoms with Gasteiger partial charge in [-0.25, -0.2) is 4.98 Å². The number of nitrogens with zero attached hydrogens (tertiary/aromatic N) is 2. The Hall–Kier alpha value is -2.03. The molecule has 3 aromatic rings. The Balaban J connectivity index is 2.04. The third kappa shape index (κ3) is 2.28. The topological polar surface area (TPSA) is 29.3 Å². The van der Waals surface area contributed by atoms with Gasteiger partial charge in [-0.1, -0.05) is 32.9 Å². The van der Waals surface area contributed by atoms with Crippen LogP contribution in [0.1, 0.15) is 53.0 Å². The fraction of sp³-hybridized carbons (Fsp3) is 0.500. The van der Waals surface area contributed by atoms with Crippen LogP contribution in [0.5, 0.6) is 0 Å². The SMILES string of the molecule is CCC1N(c2c(C)ccc3c2oc2ncccc23)C(C)(C)CC1(C)C. The molecule has 132 valence electrons. The molecule has 4 rings (SSSR count). The van der Waals surface area contributed by atoms with E-state index in [0.29, 0.717) is 6.04 Å². The van der Waals surface area contributed by atoms with Gasteiger partial charge in [0.2, 0.25) is 5.71 Å². The van der Waals surface area contributed by atoms with Crippen LogP contribution >= 0.6 is 0 Å². The Morgan fingerprint density at radius 2 is 1.92 bits per heavy atom. The van der Waals surface area contributed by atoms with Crippen LogP contribution in [-0.4, -0.2) is 16.6 Å². The van der Waals surface area contributed by atoms with Crippen molar-refractivity contribution in [3.8, 4) is 0 Å². The third-order valence-electron chi connectivity index (χ3n) is 5.98. The summed E-state index contributed by atoms with van der Waals surface area (Å²) in [5, 5.41) is 2.27. The molecule has 1 unspecified atom stereocenters. The first-order valence-corrected chi connectivity index (χ1v) is 9.32. The van der Waals surface area contributed by atoms with Gasteiger partial charge >= 0.3 is 0 Å². The molecule has 1 aliphatic rings. The van der Waals surface area contributed by atoms with Gasteiger partial charge in [0.25, 0.3) is 0 Å². The molecule has 1 atom stereocenters. The third-order valence-corrected chi connectivity index (χ3v) is 5.98. The smallest absolute Gasteiger partial charge is 0.227 e. The molecule has 0 radical (unpaired) electrons. The van der Waals surface area contributed by atoms with Crippen molar-refractivity contribution in [3.63, 3.8) is 0 Å². The van der Waals surface area contributed by atoms with Gasteiger partial charge in [0.05, 0.1) is 5.69 Å². The lowest BCUT2D eigenvalue weighted by Gasteiger charge is -2.40. The van der Waals surface area contributed by atoms with Crippen LogP contribution in [0.3, 0.4) is 0 Å². The van der Waals surface area contributed by atoms with E-state index in [4.69, 9.17) is 4.42 Å². The first-order valence-electron chi connectivity index (χ1n) is 9.32. The van der Waals surface area contributed by atoms with Gasteiger partial charge in [0, 0.05) is 28.6 Å². The Morgan fingerprint density at radius 3 is 2.64 bits per heavy atom. The number of hydrogen-bond donors (Lipinski definition) is 0. The first kappa shape index (κ1) is 16.4. The maximum Gasteiger partial charge on any atom is 0.227 e. The molecule has 0 spiro atoms. The zero-order valence-corrected chi connectivity index (χ0v) is 16.2. The molecule has 0 bridgehead atoms. The highest BCUT2D eigenvalue weighted by Crippen LogP contribution is 2.52. The van der Waals surface area contributed by atoms with Gasteiger partial charge in [-0.2, -0.15) is 0 Å². The number of aryl methyl sites for hydroxylation is 1. The fourth-order valence-electron chi connectivity index (χ4n) is 5.34. The highest BCUT2D eigenvalue weighted by Gasteiger charge is 2.50. The lowest BCUT2D eigenvalue weighted by atomic mass is 9.80. The van der Waals surface area contributed by atoms with Crippen molar-refractivity contribution in [2.45, 2.75) is 66.0 Å². The van der Waals surface area contributed by atoms with Crippen LogP contribution in [0.2, 0.25) is 0 Å². The largest absolute Gasteiger partial charge is 0.436 e. The minimum Gasteiger partial charge on any atom is -0.436 e. The summed E-state index contributed by atoms with van der Waals surface area (Å²) < 4.78 is 6.28.